The molecular weight excluding hydrogens is 417 g/mol. The van der Waals surface area contributed by atoms with E-state index in [1.165, 1.54) is 17.4 Å². The smallest absolute Gasteiger partial charge is 0.246 e. The van der Waals surface area contributed by atoms with Crippen LogP contribution in [0.3, 0.4) is 0 Å². The standard InChI is InChI=1S/C20H13Cl2N3O2S/c21-12-5-6-15(22)14(9-12)16-11-28-20(23-16)24-19(27)10-25-8-7-18(26)13-3-1-2-4-17(13)25/h1-9,11H,10H2,(H,23,24,27). The topological polar surface area (TPSA) is 64.0 Å². The second kappa shape index (κ2) is 7.75. The van der Waals surface area contributed by atoms with Gasteiger partial charge in [-0.25, -0.2) is 4.98 Å². The zero-order valence-corrected chi connectivity index (χ0v) is 16.7. The summed E-state index contributed by atoms with van der Waals surface area (Å²) in [5, 5.41) is 6.72. The molecule has 0 saturated carbocycles. The molecule has 140 valence electrons. The lowest BCUT2D eigenvalue weighted by molar-refractivity contribution is -0.116. The second-order valence-electron chi connectivity index (χ2n) is 6.04. The Labute approximate surface area is 174 Å². The van der Waals surface area contributed by atoms with Crippen LogP contribution in [0.15, 0.2) is 64.9 Å². The van der Waals surface area contributed by atoms with E-state index in [-0.39, 0.29) is 17.9 Å². The molecule has 0 unspecified atom stereocenters. The molecule has 1 amide bonds. The Morgan fingerprint density at radius 2 is 1.96 bits per heavy atom. The molecule has 8 heteroatoms. The van der Waals surface area contributed by atoms with Gasteiger partial charge in [0.15, 0.2) is 10.6 Å². The highest BCUT2D eigenvalue weighted by Gasteiger charge is 2.12. The van der Waals surface area contributed by atoms with Crippen molar-refractivity contribution in [3.8, 4) is 11.3 Å². The zero-order valence-electron chi connectivity index (χ0n) is 14.4. The number of carbonyl (C=O) groups is 1. The summed E-state index contributed by atoms with van der Waals surface area (Å²) in [6.45, 7) is 0.0631. The lowest BCUT2D eigenvalue weighted by atomic mass is 10.2. The van der Waals surface area contributed by atoms with Crippen LogP contribution in [0.2, 0.25) is 10.0 Å². The molecule has 2 heterocycles. The van der Waals surface area contributed by atoms with Crippen molar-refractivity contribution in [2.45, 2.75) is 6.54 Å². The van der Waals surface area contributed by atoms with Gasteiger partial charge in [0.1, 0.15) is 6.54 Å². The summed E-state index contributed by atoms with van der Waals surface area (Å²) < 4.78 is 1.73. The van der Waals surface area contributed by atoms with E-state index >= 15 is 0 Å². The van der Waals surface area contributed by atoms with Gasteiger partial charge in [0, 0.05) is 33.6 Å². The number of nitrogens with zero attached hydrogens (tertiary/aromatic N) is 2. The Morgan fingerprint density at radius 1 is 1.14 bits per heavy atom. The van der Waals surface area contributed by atoms with Gasteiger partial charge < -0.3 is 9.88 Å². The van der Waals surface area contributed by atoms with Crippen LogP contribution in [0.25, 0.3) is 22.2 Å². The number of nitrogens with one attached hydrogen (secondary N) is 1. The van der Waals surface area contributed by atoms with Gasteiger partial charge in [-0.3, -0.25) is 9.59 Å². The highest BCUT2D eigenvalue weighted by Crippen LogP contribution is 2.32. The molecule has 0 aliphatic carbocycles. The van der Waals surface area contributed by atoms with E-state index in [0.717, 1.165) is 0 Å². The minimum atomic E-state index is -0.244. The van der Waals surface area contributed by atoms with E-state index in [4.69, 9.17) is 23.2 Å². The predicted molar refractivity (Wildman–Crippen MR) is 114 cm³/mol. The highest BCUT2D eigenvalue weighted by molar-refractivity contribution is 7.14. The monoisotopic (exact) mass is 429 g/mol. The Morgan fingerprint density at radius 3 is 2.82 bits per heavy atom. The molecule has 4 aromatic rings. The molecule has 0 radical (unpaired) electrons. The van der Waals surface area contributed by atoms with Crippen molar-refractivity contribution in [3.05, 3.63) is 80.4 Å². The summed E-state index contributed by atoms with van der Waals surface area (Å²) in [7, 11) is 0. The van der Waals surface area contributed by atoms with E-state index in [1.807, 2.05) is 17.5 Å². The number of aromatic nitrogens is 2. The quantitative estimate of drug-likeness (QED) is 0.492. The number of hydrogen-bond donors (Lipinski definition) is 1. The van der Waals surface area contributed by atoms with E-state index < -0.39 is 0 Å². The minimum absolute atomic E-state index is 0.0631. The fourth-order valence-electron chi connectivity index (χ4n) is 2.86. The summed E-state index contributed by atoms with van der Waals surface area (Å²) in [5.74, 6) is -0.244. The lowest BCUT2D eigenvalue weighted by Crippen LogP contribution is -2.20. The van der Waals surface area contributed by atoms with Gasteiger partial charge in [0.25, 0.3) is 0 Å². The van der Waals surface area contributed by atoms with Crippen LogP contribution in [0.1, 0.15) is 0 Å². The van der Waals surface area contributed by atoms with E-state index in [0.29, 0.717) is 37.3 Å². The SMILES string of the molecule is O=C(Cn1ccc(=O)c2ccccc21)Nc1nc(-c2cc(Cl)ccc2Cl)cs1. The zero-order chi connectivity index (χ0) is 19.7. The summed E-state index contributed by atoms with van der Waals surface area (Å²) in [6.07, 6.45) is 1.61. The maximum absolute atomic E-state index is 12.5. The molecule has 0 fully saturated rings. The third-order valence-electron chi connectivity index (χ3n) is 4.15. The van der Waals surface area contributed by atoms with Gasteiger partial charge in [-0.2, -0.15) is 0 Å². The van der Waals surface area contributed by atoms with Gasteiger partial charge in [0.2, 0.25) is 5.91 Å². The molecule has 0 spiro atoms. The first kappa shape index (κ1) is 18.7. The number of anilines is 1. The third-order valence-corrected chi connectivity index (χ3v) is 5.48. The molecule has 2 aromatic heterocycles. The van der Waals surface area contributed by atoms with Gasteiger partial charge in [-0.15, -0.1) is 11.3 Å². The number of thiazole rings is 1. The summed E-state index contributed by atoms with van der Waals surface area (Å²) >= 11 is 13.5. The maximum Gasteiger partial charge on any atom is 0.246 e. The molecular formula is C20H13Cl2N3O2S. The van der Waals surface area contributed by atoms with Crippen LogP contribution in [0.4, 0.5) is 5.13 Å². The molecule has 28 heavy (non-hydrogen) atoms. The Bertz CT molecular complexity index is 1250. The average Bonchev–Trinajstić information content (AvgIpc) is 3.14. The summed E-state index contributed by atoms with van der Waals surface area (Å²) in [4.78, 5) is 28.9. The van der Waals surface area contributed by atoms with Crippen LogP contribution in [-0.4, -0.2) is 15.5 Å². The molecule has 1 N–H and O–H groups in total. The first-order valence-electron chi connectivity index (χ1n) is 8.30. The maximum atomic E-state index is 12.5. The van der Waals surface area contributed by atoms with Gasteiger partial charge in [-0.1, -0.05) is 35.3 Å². The van der Waals surface area contributed by atoms with Crippen LogP contribution < -0.4 is 10.7 Å². The van der Waals surface area contributed by atoms with E-state index in [2.05, 4.69) is 10.3 Å². The van der Waals surface area contributed by atoms with Gasteiger partial charge in [-0.05, 0) is 30.3 Å². The molecule has 0 saturated heterocycles. The number of pyridine rings is 1. The summed E-state index contributed by atoms with van der Waals surface area (Å²) in [5.41, 5.74) is 1.98. The molecule has 5 nitrogen and oxygen atoms in total. The molecule has 0 aliphatic heterocycles. The number of hydrogen-bond acceptors (Lipinski definition) is 4. The van der Waals surface area contributed by atoms with Crippen LogP contribution in [0, 0.1) is 0 Å². The predicted octanol–water partition coefficient (Wildman–Crippen LogP) is 5.07. The molecule has 2 aromatic carbocycles. The van der Waals surface area contributed by atoms with Crippen LogP contribution in [-0.2, 0) is 11.3 Å². The number of carbonyl (C=O) groups excluding carboxylic acids is 1. The number of para-hydroxylation sites is 1. The van der Waals surface area contributed by atoms with Crippen LogP contribution >= 0.6 is 34.5 Å². The van der Waals surface area contributed by atoms with Crippen molar-refractivity contribution in [1.29, 1.82) is 0 Å². The molecule has 0 bridgehead atoms. The lowest BCUT2D eigenvalue weighted by Gasteiger charge is -2.10. The van der Waals surface area contributed by atoms with Crippen molar-refractivity contribution >= 4 is 56.5 Å². The van der Waals surface area contributed by atoms with E-state index in [1.54, 1.807) is 41.1 Å². The highest BCUT2D eigenvalue weighted by atomic mass is 35.5. The van der Waals surface area contributed by atoms with Gasteiger partial charge in [0.05, 0.1) is 16.2 Å². The minimum Gasteiger partial charge on any atom is -0.338 e. The van der Waals surface area contributed by atoms with Gasteiger partial charge >= 0.3 is 0 Å². The van der Waals surface area contributed by atoms with Crippen molar-refractivity contribution in [1.82, 2.24) is 9.55 Å². The molecule has 0 aliphatic rings. The Kier molecular flexibility index (Phi) is 5.17. The third kappa shape index (κ3) is 3.80. The second-order valence-corrected chi connectivity index (χ2v) is 7.74. The Hall–Kier alpha value is -2.67. The summed E-state index contributed by atoms with van der Waals surface area (Å²) in [6, 6.07) is 13.8. The van der Waals surface area contributed by atoms with E-state index in [9.17, 15) is 9.59 Å². The number of fused-ring (bicyclic) bond motifs is 1. The van der Waals surface area contributed by atoms with Crippen molar-refractivity contribution in [3.63, 3.8) is 0 Å². The largest absolute Gasteiger partial charge is 0.338 e. The molecule has 0 atom stereocenters. The fourth-order valence-corrected chi connectivity index (χ4v) is 3.97. The van der Waals surface area contributed by atoms with Crippen molar-refractivity contribution < 1.29 is 4.79 Å². The fraction of sp³-hybridized carbons (Fsp3) is 0.0500. The average molecular weight is 430 g/mol. The molecule has 4 rings (SSSR count). The first-order chi connectivity index (χ1) is 13.5. The Balaban J connectivity index is 1.54. The number of halogens is 2. The number of amides is 1. The first-order valence-corrected chi connectivity index (χ1v) is 9.94. The van der Waals surface area contributed by atoms with Crippen molar-refractivity contribution in [2.24, 2.45) is 0 Å². The normalized spacial score (nSPS) is 10.9. The van der Waals surface area contributed by atoms with Crippen LogP contribution in [0.5, 0.6) is 0 Å². The van der Waals surface area contributed by atoms with Crippen molar-refractivity contribution in [2.75, 3.05) is 5.32 Å². The number of benzene rings is 2. The number of rotatable bonds is 4.